The third-order valence-electron chi connectivity index (χ3n) is 4.77. The van der Waals surface area contributed by atoms with E-state index in [0.29, 0.717) is 29.0 Å². The van der Waals surface area contributed by atoms with Gasteiger partial charge in [0.1, 0.15) is 28.7 Å². The number of hydrogen-bond donors (Lipinski definition) is 2. The van der Waals surface area contributed by atoms with Crippen LogP contribution in [0.4, 0.5) is 11.4 Å². The molecule has 0 aromatic heterocycles. The number of aromatic hydroxyl groups is 1. The second-order valence-electron chi connectivity index (χ2n) is 6.33. The van der Waals surface area contributed by atoms with Crippen LogP contribution in [0.25, 0.3) is 0 Å². The van der Waals surface area contributed by atoms with Crippen LogP contribution < -0.4 is 24.4 Å². The first-order valence-corrected chi connectivity index (χ1v) is 8.75. The minimum absolute atomic E-state index is 0.295. The van der Waals surface area contributed by atoms with Crippen molar-refractivity contribution in [3.05, 3.63) is 36.4 Å². The van der Waals surface area contributed by atoms with Crippen molar-refractivity contribution in [3.8, 4) is 23.0 Å². The van der Waals surface area contributed by atoms with Crippen LogP contribution in [-0.4, -0.2) is 45.6 Å². The number of piperidine rings is 1. The molecular formula is C20H26N2O4. The average Bonchev–Trinajstić information content (AvgIpc) is 2.69. The van der Waals surface area contributed by atoms with Crippen molar-refractivity contribution in [2.75, 3.05) is 44.6 Å². The summed E-state index contributed by atoms with van der Waals surface area (Å²) in [6.07, 6.45) is 2.00. The summed E-state index contributed by atoms with van der Waals surface area (Å²) in [7, 11) is 4.92. The van der Waals surface area contributed by atoms with Gasteiger partial charge >= 0.3 is 0 Å². The van der Waals surface area contributed by atoms with E-state index in [-0.39, 0.29) is 0 Å². The van der Waals surface area contributed by atoms with E-state index in [9.17, 15) is 5.11 Å². The fourth-order valence-electron chi connectivity index (χ4n) is 3.30. The minimum atomic E-state index is 0.295. The van der Waals surface area contributed by atoms with Crippen molar-refractivity contribution in [3.63, 3.8) is 0 Å². The van der Waals surface area contributed by atoms with E-state index in [4.69, 9.17) is 14.2 Å². The Balaban J connectivity index is 1.68. The summed E-state index contributed by atoms with van der Waals surface area (Å²) in [6.45, 7) is 1.90. The van der Waals surface area contributed by atoms with Gasteiger partial charge in [0.05, 0.1) is 21.3 Å². The summed E-state index contributed by atoms with van der Waals surface area (Å²) in [6, 6.07) is 11.4. The average molecular weight is 358 g/mol. The third-order valence-corrected chi connectivity index (χ3v) is 4.77. The summed E-state index contributed by atoms with van der Waals surface area (Å²) < 4.78 is 16.3. The molecule has 0 aliphatic carbocycles. The highest BCUT2D eigenvalue weighted by Crippen LogP contribution is 2.40. The van der Waals surface area contributed by atoms with Crippen LogP contribution in [0.15, 0.2) is 36.4 Å². The second kappa shape index (κ2) is 8.08. The van der Waals surface area contributed by atoms with Crippen LogP contribution in [0.2, 0.25) is 0 Å². The molecule has 1 aliphatic rings. The summed E-state index contributed by atoms with van der Waals surface area (Å²) >= 11 is 0. The lowest BCUT2D eigenvalue weighted by Gasteiger charge is -2.35. The van der Waals surface area contributed by atoms with Crippen molar-refractivity contribution in [2.45, 2.75) is 18.9 Å². The van der Waals surface area contributed by atoms with Crippen molar-refractivity contribution < 1.29 is 19.3 Å². The number of methoxy groups -OCH3 is 3. The number of nitrogens with one attached hydrogen (secondary N) is 1. The van der Waals surface area contributed by atoms with Gasteiger partial charge in [0, 0.05) is 37.0 Å². The van der Waals surface area contributed by atoms with Gasteiger partial charge in [-0.1, -0.05) is 0 Å². The molecule has 0 spiro atoms. The first-order valence-electron chi connectivity index (χ1n) is 8.75. The van der Waals surface area contributed by atoms with Crippen LogP contribution >= 0.6 is 0 Å². The molecule has 2 N–H and O–H groups in total. The number of hydrogen-bond acceptors (Lipinski definition) is 6. The van der Waals surface area contributed by atoms with Gasteiger partial charge in [0.2, 0.25) is 0 Å². The molecule has 1 aliphatic heterocycles. The SMILES string of the molecule is COc1cc(OC)c(NC2CCN(c3ccc(O)cc3)CC2)c(OC)c1. The van der Waals surface area contributed by atoms with Crippen LogP contribution in [0.3, 0.4) is 0 Å². The molecule has 1 saturated heterocycles. The van der Waals surface area contributed by atoms with Crippen molar-refractivity contribution in [1.29, 1.82) is 0 Å². The van der Waals surface area contributed by atoms with Gasteiger partial charge in [-0.2, -0.15) is 0 Å². The number of phenols is 1. The third kappa shape index (κ3) is 3.90. The highest BCUT2D eigenvalue weighted by Gasteiger charge is 2.22. The normalized spacial score (nSPS) is 14.8. The number of anilines is 2. The van der Waals surface area contributed by atoms with Gasteiger partial charge in [-0.05, 0) is 37.1 Å². The second-order valence-corrected chi connectivity index (χ2v) is 6.33. The molecule has 2 aromatic rings. The number of benzene rings is 2. The molecule has 0 bridgehead atoms. The molecule has 3 rings (SSSR count). The van der Waals surface area contributed by atoms with Crippen molar-refractivity contribution >= 4 is 11.4 Å². The Morgan fingerprint density at radius 3 is 2.00 bits per heavy atom. The van der Waals surface area contributed by atoms with Gasteiger partial charge in [-0.15, -0.1) is 0 Å². The zero-order valence-corrected chi connectivity index (χ0v) is 15.5. The summed E-state index contributed by atoms with van der Waals surface area (Å²) in [5.74, 6) is 2.42. The molecular weight excluding hydrogens is 332 g/mol. The van der Waals surface area contributed by atoms with Crippen LogP contribution in [0.5, 0.6) is 23.0 Å². The van der Waals surface area contributed by atoms with Gasteiger partial charge in [0.15, 0.2) is 0 Å². The predicted octanol–water partition coefficient (Wildman–Crippen LogP) is 3.50. The topological polar surface area (TPSA) is 63.2 Å². The molecule has 6 nitrogen and oxygen atoms in total. The van der Waals surface area contributed by atoms with E-state index in [1.807, 2.05) is 24.3 Å². The minimum Gasteiger partial charge on any atom is -0.508 e. The maximum Gasteiger partial charge on any atom is 0.149 e. The summed E-state index contributed by atoms with van der Waals surface area (Å²) in [5.41, 5.74) is 2.00. The molecule has 0 unspecified atom stereocenters. The highest BCUT2D eigenvalue weighted by molar-refractivity contribution is 5.69. The van der Waals surface area contributed by atoms with Crippen LogP contribution in [-0.2, 0) is 0 Å². The van der Waals surface area contributed by atoms with E-state index in [0.717, 1.165) is 37.3 Å². The predicted molar refractivity (Wildman–Crippen MR) is 103 cm³/mol. The fraction of sp³-hybridized carbons (Fsp3) is 0.400. The number of nitrogens with zero attached hydrogens (tertiary/aromatic N) is 1. The number of ether oxygens (including phenoxy) is 3. The van der Waals surface area contributed by atoms with E-state index in [2.05, 4.69) is 10.2 Å². The Labute approximate surface area is 154 Å². The monoisotopic (exact) mass is 358 g/mol. The zero-order valence-electron chi connectivity index (χ0n) is 15.5. The van der Waals surface area contributed by atoms with E-state index in [1.54, 1.807) is 33.5 Å². The zero-order chi connectivity index (χ0) is 18.5. The number of rotatable bonds is 6. The lowest BCUT2D eigenvalue weighted by atomic mass is 10.0. The molecule has 2 aromatic carbocycles. The smallest absolute Gasteiger partial charge is 0.149 e. The molecule has 1 heterocycles. The molecule has 0 atom stereocenters. The number of phenolic OH excluding ortho intramolecular Hbond substituents is 1. The van der Waals surface area contributed by atoms with E-state index < -0.39 is 0 Å². The summed E-state index contributed by atoms with van der Waals surface area (Å²) in [5, 5.41) is 13.0. The lowest BCUT2D eigenvalue weighted by Crippen LogP contribution is -2.39. The first kappa shape index (κ1) is 18.0. The Hall–Kier alpha value is -2.76. The fourth-order valence-corrected chi connectivity index (χ4v) is 3.30. The van der Waals surface area contributed by atoms with Crippen molar-refractivity contribution in [1.82, 2.24) is 0 Å². The Morgan fingerprint density at radius 1 is 0.923 bits per heavy atom. The Bertz CT molecular complexity index is 700. The maximum absolute atomic E-state index is 9.44. The molecule has 0 radical (unpaired) electrons. The Kier molecular flexibility index (Phi) is 5.61. The van der Waals surface area contributed by atoms with Crippen LogP contribution in [0.1, 0.15) is 12.8 Å². The van der Waals surface area contributed by atoms with Gasteiger partial charge in [0.25, 0.3) is 0 Å². The van der Waals surface area contributed by atoms with Crippen LogP contribution in [0, 0.1) is 0 Å². The summed E-state index contributed by atoms with van der Waals surface area (Å²) in [4.78, 5) is 2.33. The van der Waals surface area contributed by atoms with Gasteiger partial charge < -0.3 is 29.5 Å². The standard InChI is InChI=1S/C20H26N2O4/c1-24-17-12-18(25-2)20(19(13-17)26-3)21-14-8-10-22(11-9-14)15-4-6-16(23)7-5-15/h4-7,12-14,21,23H,8-11H2,1-3H3. The van der Waals surface area contributed by atoms with E-state index >= 15 is 0 Å². The largest absolute Gasteiger partial charge is 0.508 e. The lowest BCUT2D eigenvalue weighted by molar-refractivity contribution is 0.376. The molecule has 0 saturated carbocycles. The Morgan fingerprint density at radius 2 is 1.50 bits per heavy atom. The maximum atomic E-state index is 9.44. The van der Waals surface area contributed by atoms with Crippen molar-refractivity contribution in [2.24, 2.45) is 0 Å². The molecule has 0 amide bonds. The molecule has 1 fully saturated rings. The van der Waals surface area contributed by atoms with Gasteiger partial charge in [-0.3, -0.25) is 0 Å². The quantitative estimate of drug-likeness (QED) is 0.824. The highest BCUT2D eigenvalue weighted by atomic mass is 16.5. The first-order chi connectivity index (χ1) is 12.6. The molecule has 6 heteroatoms. The molecule has 140 valence electrons. The van der Waals surface area contributed by atoms with Gasteiger partial charge in [-0.25, -0.2) is 0 Å². The van der Waals surface area contributed by atoms with E-state index in [1.165, 1.54) is 0 Å². The molecule has 26 heavy (non-hydrogen) atoms.